The fraction of sp³-hybridized carbons (Fsp3) is 0.300. The number of piperazine rings is 1. The van der Waals surface area contributed by atoms with Crippen LogP contribution in [0, 0.1) is 11.3 Å². The monoisotopic (exact) mass is 349 g/mol. The van der Waals surface area contributed by atoms with Crippen molar-refractivity contribution >= 4 is 23.0 Å². The zero-order chi connectivity index (χ0) is 18.4. The minimum atomic E-state index is -0.184. The number of anilines is 3. The van der Waals surface area contributed by atoms with Crippen molar-refractivity contribution in [3.05, 3.63) is 54.1 Å². The summed E-state index contributed by atoms with van der Waals surface area (Å²) in [5, 5.41) is 14.9. The highest BCUT2D eigenvalue weighted by atomic mass is 16.1. The Bertz CT molecular complexity index is 789. The van der Waals surface area contributed by atoms with Gasteiger partial charge in [0.25, 0.3) is 0 Å². The Morgan fingerprint density at radius 3 is 2.46 bits per heavy atom. The number of nitrogens with zero attached hydrogens (tertiary/aromatic N) is 3. The Balaban J connectivity index is 1.51. The molecule has 1 amide bonds. The smallest absolute Gasteiger partial charge is 0.243 e. The molecule has 2 aromatic rings. The third kappa shape index (κ3) is 4.52. The van der Waals surface area contributed by atoms with E-state index in [0.717, 1.165) is 31.9 Å². The highest BCUT2D eigenvalue weighted by Gasteiger charge is 2.14. The molecule has 0 radical (unpaired) electrons. The van der Waals surface area contributed by atoms with Gasteiger partial charge in [-0.1, -0.05) is 12.1 Å². The summed E-state index contributed by atoms with van der Waals surface area (Å²) in [6.07, 6.45) is 0. The topological polar surface area (TPSA) is 71.4 Å². The zero-order valence-corrected chi connectivity index (χ0v) is 14.9. The molecule has 6 heteroatoms. The Morgan fingerprint density at radius 2 is 1.77 bits per heavy atom. The lowest BCUT2D eigenvalue weighted by Gasteiger charge is -2.34. The third-order valence-corrected chi connectivity index (χ3v) is 4.51. The molecule has 0 saturated carbocycles. The minimum Gasteiger partial charge on any atom is -0.376 e. The number of likely N-dealkylation sites (N-methyl/N-ethyl adjacent to an activating group) is 1. The van der Waals surface area contributed by atoms with Crippen LogP contribution in [-0.2, 0) is 4.79 Å². The van der Waals surface area contributed by atoms with Crippen LogP contribution >= 0.6 is 0 Å². The van der Waals surface area contributed by atoms with E-state index < -0.39 is 0 Å². The normalized spacial score (nSPS) is 14.5. The number of para-hydroxylation sites is 1. The highest BCUT2D eigenvalue weighted by molar-refractivity contribution is 5.94. The molecule has 0 aliphatic carbocycles. The first kappa shape index (κ1) is 17.8. The van der Waals surface area contributed by atoms with E-state index in [1.165, 1.54) is 5.69 Å². The van der Waals surface area contributed by atoms with E-state index >= 15 is 0 Å². The van der Waals surface area contributed by atoms with Crippen molar-refractivity contribution in [1.82, 2.24) is 4.90 Å². The zero-order valence-electron chi connectivity index (χ0n) is 14.9. The molecule has 0 bridgehead atoms. The summed E-state index contributed by atoms with van der Waals surface area (Å²) in [7, 11) is 2.14. The number of amides is 1. The lowest BCUT2D eigenvalue weighted by atomic mass is 10.2. The van der Waals surface area contributed by atoms with Crippen LogP contribution in [0.2, 0.25) is 0 Å². The van der Waals surface area contributed by atoms with E-state index in [2.05, 4.69) is 45.7 Å². The van der Waals surface area contributed by atoms with E-state index in [1.54, 1.807) is 24.3 Å². The van der Waals surface area contributed by atoms with Crippen LogP contribution in [0.4, 0.5) is 17.1 Å². The lowest BCUT2D eigenvalue weighted by molar-refractivity contribution is -0.114. The molecule has 0 atom stereocenters. The molecule has 1 aliphatic heterocycles. The van der Waals surface area contributed by atoms with Gasteiger partial charge in [-0.3, -0.25) is 4.79 Å². The van der Waals surface area contributed by atoms with Gasteiger partial charge in [-0.05, 0) is 43.4 Å². The first-order chi connectivity index (χ1) is 12.7. The minimum absolute atomic E-state index is 0.146. The largest absolute Gasteiger partial charge is 0.376 e. The second-order valence-electron chi connectivity index (χ2n) is 6.40. The van der Waals surface area contributed by atoms with Gasteiger partial charge in [0.1, 0.15) is 6.07 Å². The number of rotatable bonds is 5. The number of hydrogen-bond donors (Lipinski definition) is 2. The SMILES string of the molecule is CN1CCN(c2ccc(NCC(=O)Nc3ccccc3C#N)cc2)CC1. The van der Waals surface area contributed by atoms with Gasteiger partial charge in [-0.15, -0.1) is 0 Å². The molecule has 2 N–H and O–H groups in total. The highest BCUT2D eigenvalue weighted by Crippen LogP contribution is 2.19. The number of carbonyl (C=O) groups is 1. The van der Waals surface area contributed by atoms with Crippen molar-refractivity contribution in [1.29, 1.82) is 5.26 Å². The molecule has 134 valence electrons. The summed E-state index contributed by atoms with van der Waals surface area (Å²) in [5.41, 5.74) is 3.09. The number of carbonyl (C=O) groups excluding carboxylic acids is 1. The van der Waals surface area contributed by atoms with Crippen LogP contribution in [0.15, 0.2) is 48.5 Å². The molecule has 1 fully saturated rings. The number of hydrogen-bond acceptors (Lipinski definition) is 5. The molecule has 26 heavy (non-hydrogen) atoms. The molecule has 1 saturated heterocycles. The first-order valence-corrected chi connectivity index (χ1v) is 8.72. The average molecular weight is 349 g/mol. The van der Waals surface area contributed by atoms with Crippen LogP contribution in [0.1, 0.15) is 5.56 Å². The Hall–Kier alpha value is -3.04. The summed E-state index contributed by atoms with van der Waals surface area (Å²) in [6, 6.07) is 17.2. The van der Waals surface area contributed by atoms with Gasteiger partial charge in [-0.25, -0.2) is 0 Å². The maximum absolute atomic E-state index is 12.1. The first-order valence-electron chi connectivity index (χ1n) is 8.72. The number of nitriles is 1. The van der Waals surface area contributed by atoms with Gasteiger partial charge in [0.05, 0.1) is 17.8 Å². The summed E-state index contributed by atoms with van der Waals surface area (Å²) < 4.78 is 0. The molecule has 2 aromatic carbocycles. The van der Waals surface area contributed by atoms with E-state index in [9.17, 15) is 4.79 Å². The second kappa shape index (κ2) is 8.37. The van der Waals surface area contributed by atoms with Gasteiger partial charge < -0.3 is 20.4 Å². The van der Waals surface area contributed by atoms with Gasteiger partial charge in [0, 0.05) is 37.6 Å². The Labute approximate surface area is 154 Å². The quantitative estimate of drug-likeness (QED) is 0.867. The van der Waals surface area contributed by atoms with Crippen LogP contribution < -0.4 is 15.5 Å². The van der Waals surface area contributed by atoms with Gasteiger partial charge in [0.2, 0.25) is 5.91 Å². The van der Waals surface area contributed by atoms with Gasteiger partial charge >= 0.3 is 0 Å². The third-order valence-electron chi connectivity index (χ3n) is 4.51. The maximum atomic E-state index is 12.1. The van der Waals surface area contributed by atoms with E-state index in [0.29, 0.717) is 11.3 Å². The van der Waals surface area contributed by atoms with Gasteiger partial charge in [-0.2, -0.15) is 5.26 Å². The number of nitrogens with one attached hydrogen (secondary N) is 2. The molecule has 6 nitrogen and oxygen atoms in total. The predicted octanol–water partition coefficient (Wildman–Crippen LogP) is 2.36. The fourth-order valence-corrected chi connectivity index (χ4v) is 2.92. The van der Waals surface area contributed by atoms with Crippen LogP contribution in [0.3, 0.4) is 0 Å². The van der Waals surface area contributed by atoms with Crippen LogP contribution in [0.5, 0.6) is 0 Å². The average Bonchev–Trinajstić information content (AvgIpc) is 2.68. The Morgan fingerprint density at radius 1 is 1.08 bits per heavy atom. The number of benzene rings is 2. The molecule has 3 rings (SSSR count). The van der Waals surface area contributed by atoms with Crippen molar-refractivity contribution in [3.8, 4) is 6.07 Å². The van der Waals surface area contributed by atoms with E-state index in [1.807, 2.05) is 12.1 Å². The summed E-state index contributed by atoms with van der Waals surface area (Å²) in [4.78, 5) is 16.8. The van der Waals surface area contributed by atoms with Crippen LogP contribution in [-0.4, -0.2) is 50.6 Å². The summed E-state index contributed by atoms with van der Waals surface area (Å²) >= 11 is 0. The molecule has 1 aliphatic rings. The van der Waals surface area contributed by atoms with Crippen molar-refractivity contribution in [2.75, 3.05) is 55.3 Å². The van der Waals surface area contributed by atoms with Crippen molar-refractivity contribution < 1.29 is 4.79 Å². The molecule has 1 heterocycles. The predicted molar refractivity (Wildman–Crippen MR) is 104 cm³/mol. The second-order valence-corrected chi connectivity index (χ2v) is 6.40. The van der Waals surface area contributed by atoms with E-state index in [-0.39, 0.29) is 12.5 Å². The molecular weight excluding hydrogens is 326 g/mol. The molecule has 0 unspecified atom stereocenters. The maximum Gasteiger partial charge on any atom is 0.243 e. The van der Waals surface area contributed by atoms with E-state index in [4.69, 9.17) is 5.26 Å². The van der Waals surface area contributed by atoms with Gasteiger partial charge in [0.15, 0.2) is 0 Å². The fourth-order valence-electron chi connectivity index (χ4n) is 2.92. The van der Waals surface area contributed by atoms with Crippen LogP contribution in [0.25, 0.3) is 0 Å². The van der Waals surface area contributed by atoms with Crippen molar-refractivity contribution in [2.45, 2.75) is 0 Å². The lowest BCUT2D eigenvalue weighted by Crippen LogP contribution is -2.44. The molecular formula is C20H23N5O. The standard InChI is InChI=1S/C20H23N5O/c1-24-10-12-25(13-11-24)18-8-6-17(7-9-18)22-15-20(26)23-19-5-3-2-4-16(19)14-21/h2-9,22H,10-13,15H2,1H3,(H,23,26). The summed E-state index contributed by atoms with van der Waals surface area (Å²) in [6.45, 7) is 4.36. The van der Waals surface area contributed by atoms with Crippen molar-refractivity contribution in [3.63, 3.8) is 0 Å². The molecule has 0 aromatic heterocycles. The van der Waals surface area contributed by atoms with Crippen molar-refractivity contribution in [2.24, 2.45) is 0 Å². The Kier molecular flexibility index (Phi) is 5.72. The summed E-state index contributed by atoms with van der Waals surface area (Å²) in [5.74, 6) is -0.184. The molecule has 0 spiro atoms.